The van der Waals surface area contributed by atoms with Gasteiger partial charge in [-0.1, -0.05) is 0 Å². The molecule has 0 unspecified atom stereocenters. The third-order valence-corrected chi connectivity index (χ3v) is 8.21. The van der Waals surface area contributed by atoms with Crippen LogP contribution in [0, 0.1) is 5.92 Å². The van der Waals surface area contributed by atoms with Gasteiger partial charge in [-0.25, -0.2) is 8.42 Å². The molecule has 2 aromatic rings. The molecule has 10 heteroatoms. The molecule has 2 aliphatic rings. The number of anilines is 2. The second-order valence-corrected chi connectivity index (χ2v) is 10.4. The highest BCUT2D eigenvalue weighted by molar-refractivity contribution is 7.89. The first-order chi connectivity index (χ1) is 16.3. The molecule has 0 aromatic heterocycles. The van der Waals surface area contributed by atoms with Crippen LogP contribution in [0.3, 0.4) is 0 Å². The van der Waals surface area contributed by atoms with Gasteiger partial charge in [0.1, 0.15) is 0 Å². The maximum absolute atomic E-state index is 13.2. The molecule has 0 spiro atoms. The average molecular weight is 488 g/mol. The number of fused-ring (bicyclic) bond motifs is 1. The fourth-order valence-electron chi connectivity index (χ4n) is 4.38. The van der Waals surface area contributed by atoms with E-state index in [1.54, 1.807) is 37.4 Å². The van der Waals surface area contributed by atoms with Crippen LogP contribution in [-0.2, 0) is 26.0 Å². The number of hydrogen-bond acceptors (Lipinski definition) is 6. The van der Waals surface area contributed by atoms with Gasteiger partial charge in [-0.2, -0.15) is 4.31 Å². The smallest absolute Gasteiger partial charge is 0.243 e. The number of rotatable bonds is 6. The molecule has 4 rings (SSSR count). The van der Waals surface area contributed by atoms with Crippen molar-refractivity contribution in [3.8, 4) is 11.5 Å². The predicted molar refractivity (Wildman–Crippen MR) is 128 cm³/mol. The second-order valence-electron chi connectivity index (χ2n) is 8.46. The summed E-state index contributed by atoms with van der Waals surface area (Å²) < 4.78 is 38.4. The molecule has 0 radical (unpaired) electrons. The number of piperidine rings is 1. The molecule has 2 aromatic carbocycles. The second kappa shape index (κ2) is 10.0. The zero-order chi connectivity index (χ0) is 24.3. The lowest BCUT2D eigenvalue weighted by Crippen LogP contribution is -2.41. The van der Waals surface area contributed by atoms with Crippen molar-refractivity contribution in [1.82, 2.24) is 4.31 Å². The van der Waals surface area contributed by atoms with Crippen LogP contribution in [-0.4, -0.2) is 51.8 Å². The summed E-state index contributed by atoms with van der Waals surface area (Å²) in [5.74, 6) is 0.593. The molecule has 0 atom stereocenters. The van der Waals surface area contributed by atoms with Crippen molar-refractivity contribution in [2.75, 3.05) is 37.9 Å². The topological polar surface area (TPSA) is 114 Å². The summed E-state index contributed by atoms with van der Waals surface area (Å²) >= 11 is 0. The van der Waals surface area contributed by atoms with E-state index >= 15 is 0 Å². The van der Waals surface area contributed by atoms with Gasteiger partial charge in [0.15, 0.2) is 11.5 Å². The van der Waals surface area contributed by atoms with Gasteiger partial charge in [0.2, 0.25) is 21.8 Å². The van der Waals surface area contributed by atoms with Crippen molar-refractivity contribution in [3.63, 3.8) is 0 Å². The van der Waals surface area contributed by atoms with Crippen molar-refractivity contribution in [2.24, 2.45) is 5.92 Å². The van der Waals surface area contributed by atoms with Crippen LogP contribution in [0.5, 0.6) is 11.5 Å². The van der Waals surface area contributed by atoms with E-state index < -0.39 is 10.0 Å². The van der Waals surface area contributed by atoms with Gasteiger partial charge in [-0.15, -0.1) is 0 Å². The Bertz CT molecular complexity index is 1190. The lowest BCUT2D eigenvalue weighted by atomic mass is 9.97. The average Bonchev–Trinajstić information content (AvgIpc) is 3.03. The van der Waals surface area contributed by atoms with Gasteiger partial charge >= 0.3 is 0 Å². The Morgan fingerprint density at radius 2 is 1.76 bits per heavy atom. The van der Waals surface area contributed by atoms with Gasteiger partial charge in [0.25, 0.3) is 0 Å². The van der Waals surface area contributed by atoms with E-state index in [4.69, 9.17) is 9.47 Å². The van der Waals surface area contributed by atoms with Crippen LogP contribution in [0.15, 0.2) is 41.3 Å². The van der Waals surface area contributed by atoms with E-state index in [0.717, 1.165) is 5.56 Å². The third kappa shape index (κ3) is 5.02. The Hall–Kier alpha value is -3.11. The first-order valence-corrected chi connectivity index (χ1v) is 12.7. The van der Waals surface area contributed by atoms with Crippen LogP contribution in [0.4, 0.5) is 11.4 Å². The van der Waals surface area contributed by atoms with E-state index in [1.165, 1.54) is 17.5 Å². The molecule has 2 N–H and O–H groups in total. The summed E-state index contributed by atoms with van der Waals surface area (Å²) in [4.78, 5) is 24.8. The number of aryl methyl sites for hydroxylation is 1. The maximum atomic E-state index is 13.2. The van der Waals surface area contributed by atoms with E-state index in [1.807, 2.05) is 0 Å². The number of nitrogens with one attached hydrogen (secondary N) is 2. The minimum atomic E-state index is -3.69. The number of nitrogens with zero attached hydrogens (tertiary/aromatic N) is 1. The molecule has 182 valence electrons. The van der Waals surface area contributed by atoms with Crippen LogP contribution in [0.25, 0.3) is 0 Å². The standard InChI is InChI=1S/C24H29N3O6S/c1-32-21-9-6-18(15-22(21)33-2)25-24(29)16-10-12-27(13-11-16)34(30,31)19-7-8-20-17(14-19)4-3-5-23(28)26-20/h6-9,14-16H,3-5,10-13H2,1-2H3,(H,25,29)(H,26,28). The third-order valence-electron chi connectivity index (χ3n) is 6.31. The Morgan fingerprint density at radius 3 is 2.47 bits per heavy atom. The number of amides is 2. The number of sulfonamides is 1. The number of ether oxygens (including phenoxy) is 2. The SMILES string of the molecule is COc1ccc(NC(=O)C2CCN(S(=O)(=O)c3ccc4c(c3)CCCC(=O)N4)CC2)cc1OC. The van der Waals surface area contributed by atoms with E-state index in [-0.39, 0.29) is 35.7 Å². The Kier molecular flexibility index (Phi) is 7.08. The van der Waals surface area contributed by atoms with Gasteiger partial charge in [-0.3, -0.25) is 9.59 Å². The fourth-order valence-corrected chi connectivity index (χ4v) is 5.90. The van der Waals surface area contributed by atoms with Crippen molar-refractivity contribution >= 4 is 33.2 Å². The molecule has 34 heavy (non-hydrogen) atoms. The Labute approximate surface area is 199 Å². The zero-order valence-electron chi connectivity index (χ0n) is 19.3. The van der Waals surface area contributed by atoms with Crippen LogP contribution < -0.4 is 20.1 Å². The number of methoxy groups -OCH3 is 2. The van der Waals surface area contributed by atoms with Gasteiger partial charge in [0, 0.05) is 42.9 Å². The molecular weight excluding hydrogens is 458 g/mol. The molecular formula is C24H29N3O6S. The highest BCUT2D eigenvalue weighted by Gasteiger charge is 2.32. The monoisotopic (exact) mass is 487 g/mol. The first-order valence-electron chi connectivity index (χ1n) is 11.3. The molecule has 0 saturated carbocycles. The molecule has 2 heterocycles. The summed E-state index contributed by atoms with van der Waals surface area (Å²) in [6, 6.07) is 10.0. The fraction of sp³-hybridized carbons (Fsp3) is 0.417. The quantitative estimate of drug-likeness (QED) is 0.648. The van der Waals surface area contributed by atoms with Crippen molar-refractivity contribution in [3.05, 3.63) is 42.0 Å². The van der Waals surface area contributed by atoms with E-state index in [2.05, 4.69) is 10.6 Å². The van der Waals surface area contributed by atoms with Gasteiger partial charge in [0.05, 0.1) is 19.1 Å². The highest BCUT2D eigenvalue weighted by Crippen LogP contribution is 2.32. The number of benzene rings is 2. The number of carbonyl (C=O) groups excluding carboxylic acids is 2. The zero-order valence-corrected chi connectivity index (χ0v) is 20.1. The minimum absolute atomic E-state index is 0.0530. The lowest BCUT2D eigenvalue weighted by Gasteiger charge is -2.30. The molecule has 1 saturated heterocycles. The number of hydrogen-bond donors (Lipinski definition) is 2. The summed E-state index contributed by atoms with van der Waals surface area (Å²) in [6.07, 6.45) is 2.62. The first kappa shape index (κ1) is 24.0. The molecule has 2 amide bonds. The molecule has 2 aliphatic heterocycles. The predicted octanol–water partition coefficient (Wildman–Crippen LogP) is 3.02. The molecule has 1 fully saturated rings. The van der Waals surface area contributed by atoms with Crippen molar-refractivity contribution in [1.29, 1.82) is 0 Å². The largest absolute Gasteiger partial charge is 0.493 e. The van der Waals surface area contributed by atoms with Crippen LogP contribution >= 0.6 is 0 Å². The molecule has 0 bridgehead atoms. The highest BCUT2D eigenvalue weighted by atomic mass is 32.2. The van der Waals surface area contributed by atoms with Crippen LogP contribution in [0.2, 0.25) is 0 Å². The van der Waals surface area contributed by atoms with Gasteiger partial charge in [-0.05, 0) is 61.6 Å². The van der Waals surface area contributed by atoms with E-state index in [0.29, 0.717) is 55.0 Å². The summed E-state index contributed by atoms with van der Waals surface area (Å²) in [6.45, 7) is 0.528. The van der Waals surface area contributed by atoms with Crippen molar-refractivity contribution < 1.29 is 27.5 Å². The normalized spacial score (nSPS) is 17.3. The maximum Gasteiger partial charge on any atom is 0.243 e. The summed E-state index contributed by atoms with van der Waals surface area (Å²) in [5, 5.41) is 5.72. The minimum Gasteiger partial charge on any atom is -0.493 e. The summed E-state index contributed by atoms with van der Waals surface area (Å²) in [5.41, 5.74) is 2.10. The lowest BCUT2D eigenvalue weighted by molar-refractivity contribution is -0.121. The Morgan fingerprint density at radius 1 is 1.03 bits per heavy atom. The van der Waals surface area contributed by atoms with E-state index in [9.17, 15) is 18.0 Å². The number of carbonyl (C=O) groups is 2. The van der Waals surface area contributed by atoms with Gasteiger partial charge < -0.3 is 20.1 Å². The Balaban J connectivity index is 1.40. The van der Waals surface area contributed by atoms with Crippen LogP contribution in [0.1, 0.15) is 31.2 Å². The summed E-state index contributed by atoms with van der Waals surface area (Å²) in [7, 11) is -0.617. The molecule has 9 nitrogen and oxygen atoms in total. The van der Waals surface area contributed by atoms with Crippen molar-refractivity contribution in [2.45, 2.75) is 37.0 Å². The molecule has 0 aliphatic carbocycles.